The number of nitrogens with one attached hydrogen (secondary N) is 1. The van der Waals surface area contributed by atoms with E-state index in [0.717, 1.165) is 49.4 Å². The molecule has 0 aliphatic heterocycles. The van der Waals surface area contributed by atoms with Crippen LogP contribution in [0.3, 0.4) is 0 Å². The lowest BCUT2D eigenvalue weighted by atomic mass is 9.85. The van der Waals surface area contributed by atoms with E-state index in [9.17, 15) is 4.79 Å². The predicted octanol–water partition coefficient (Wildman–Crippen LogP) is 6.15. The average molecular weight is 506 g/mol. The monoisotopic (exact) mass is 504 g/mol. The quantitative estimate of drug-likeness (QED) is 0.391. The number of benzene rings is 2. The molecule has 1 N–H and O–H groups in total. The van der Waals surface area contributed by atoms with Gasteiger partial charge in [0, 0.05) is 4.47 Å². The standard InChI is InChI=1S/C22H22Br2N2O2/c1-13(2)15-5-4-14(3)19(11-15)25-26-21(27)12-28-20-9-6-16-10-17(23)7-8-18(16)22(20)24/h4,6-10,15H,1,5,11-12H2,2-3H3,(H,26,27)/b25-19-/t15-/m0/s1. The lowest BCUT2D eigenvalue weighted by Gasteiger charge is -2.22. The molecule has 0 bridgehead atoms. The van der Waals surface area contributed by atoms with Gasteiger partial charge in [-0.2, -0.15) is 5.10 Å². The van der Waals surface area contributed by atoms with Gasteiger partial charge in [-0.15, -0.1) is 0 Å². The van der Waals surface area contributed by atoms with Crippen LogP contribution in [0, 0.1) is 5.92 Å². The van der Waals surface area contributed by atoms with Gasteiger partial charge >= 0.3 is 0 Å². The Hall–Kier alpha value is -1.92. The summed E-state index contributed by atoms with van der Waals surface area (Å²) in [5.74, 6) is 0.707. The van der Waals surface area contributed by atoms with Crippen LogP contribution < -0.4 is 10.2 Å². The van der Waals surface area contributed by atoms with Gasteiger partial charge in [-0.05, 0) is 83.1 Å². The maximum Gasteiger partial charge on any atom is 0.277 e. The minimum absolute atomic E-state index is 0.107. The maximum atomic E-state index is 12.2. The molecule has 0 heterocycles. The number of hydrogen-bond donors (Lipinski definition) is 1. The Morgan fingerprint density at radius 2 is 2.11 bits per heavy atom. The van der Waals surface area contributed by atoms with Crippen molar-refractivity contribution in [2.45, 2.75) is 26.7 Å². The Morgan fingerprint density at radius 1 is 1.32 bits per heavy atom. The number of carbonyl (C=O) groups is 1. The van der Waals surface area contributed by atoms with Crippen molar-refractivity contribution >= 4 is 54.3 Å². The van der Waals surface area contributed by atoms with Crippen molar-refractivity contribution in [1.82, 2.24) is 5.43 Å². The minimum atomic E-state index is -0.291. The van der Waals surface area contributed by atoms with Gasteiger partial charge in [0.15, 0.2) is 6.61 Å². The molecular weight excluding hydrogens is 484 g/mol. The molecule has 2 aromatic carbocycles. The van der Waals surface area contributed by atoms with Gasteiger partial charge < -0.3 is 4.74 Å². The number of amides is 1. The van der Waals surface area contributed by atoms with E-state index in [0.29, 0.717) is 11.7 Å². The number of carbonyl (C=O) groups excluding carboxylic acids is 1. The van der Waals surface area contributed by atoms with Crippen LogP contribution in [0.4, 0.5) is 0 Å². The van der Waals surface area contributed by atoms with Crippen LogP contribution >= 0.6 is 31.9 Å². The number of rotatable bonds is 5. The van der Waals surface area contributed by atoms with E-state index in [2.05, 4.69) is 55.0 Å². The van der Waals surface area contributed by atoms with Crippen LogP contribution in [-0.4, -0.2) is 18.2 Å². The minimum Gasteiger partial charge on any atom is -0.483 e. The van der Waals surface area contributed by atoms with Gasteiger partial charge in [-0.25, -0.2) is 5.43 Å². The molecule has 0 fully saturated rings. The van der Waals surface area contributed by atoms with Gasteiger partial charge in [-0.1, -0.05) is 46.3 Å². The maximum absolute atomic E-state index is 12.2. The summed E-state index contributed by atoms with van der Waals surface area (Å²) < 4.78 is 7.53. The molecule has 28 heavy (non-hydrogen) atoms. The molecular formula is C22H22Br2N2O2. The SMILES string of the molecule is C=C(C)[C@H]1CC=C(C)/C(=N\NC(=O)COc2ccc3cc(Br)ccc3c2Br)C1. The molecule has 3 rings (SSSR count). The second-order valence-electron chi connectivity index (χ2n) is 7.00. The number of hydrazone groups is 1. The van der Waals surface area contributed by atoms with Crippen molar-refractivity contribution in [2.75, 3.05) is 6.61 Å². The second kappa shape index (κ2) is 9.05. The summed E-state index contributed by atoms with van der Waals surface area (Å²) in [6, 6.07) is 9.82. The van der Waals surface area contributed by atoms with E-state index >= 15 is 0 Å². The van der Waals surface area contributed by atoms with Crippen molar-refractivity contribution in [2.24, 2.45) is 11.0 Å². The first-order chi connectivity index (χ1) is 13.3. The van der Waals surface area contributed by atoms with E-state index in [4.69, 9.17) is 4.74 Å². The third-order valence-corrected chi connectivity index (χ3v) is 6.17. The Labute approximate surface area is 182 Å². The van der Waals surface area contributed by atoms with Crippen LogP contribution in [0.1, 0.15) is 26.7 Å². The van der Waals surface area contributed by atoms with Gasteiger partial charge in [0.2, 0.25) is 0 Å². The number of ether oxygens (including phenoxy) is 1. The molecule has 0 unspecified atom stereocenters. The first kappa shape index (κ1) is 20.8. The number of allylic oxidation sites excluding steroid dienone is 3. The molecule has 2 aromatic rings. The Bertz CT molecular complexity index is 995. The van der Waals surface area contributed by atoms with Crippen LogP contribution in [0.2, 0.25) is 0 Å². The molecule has 1 amide bonds. The van der Waals surface area contributed by atoms with Gasteiger partial charge in [0.05, 0.1) is 10.2 Å². The molecule has 0 radical (unpaired) electrons. The predicted molar refractivity (Wildman–Crippen MR) is 122 cm³/mol. The molecule has 4 nitrogen and oxygen atoms in total. The molecule has 0 spiro atoms. The smallest absolute Gasteiger partial charge is 0.277 e. The Morgan fingerprint density at radius 3 is 2.86 bits per heavy atom. The first-order valence-electron chi connectivity index (χ1n) is 9.03. The van der Waals surface area contributed by atoms with Crippen molar-refractivity contribution in [1.29, 1.82) is 0 Å². The Kier molecular flexibility index (Phi) is 6.73. The van der Waals surface area contributed by atoms with Crippen LogP contribution in [0.25, 0.3) is 10.8 Å². The van der Waals surface area contributed by atoms with E-state index < -0.39 is 0 Å². The highest BCUT2D eigenvalue weighted by molar-refractivity contribution is 9.11. The lowest BCUT2D eigenvalue weighted by Crippen LogP contribution is -2.27. The second-order valence-corrected chi connectivity index (χ2v) is 8.70. The zero-order valence-electron chi connectivity index (χ0n) is 15.9. The average Bonchev–Trinajstić information content (AvgIpc) is 2.66. The highest BCUT2D eigenvalue weighted by Gasteiger charge is 2.19. The normalized spacial score (nSPS) is 18.1. The molecule has 6 heteroatoms. The van der Waals surface area contributed by atoms with Crippen molar-refractivity contribution in [3.63, 3.8) is 0 Å². The molecule has 0 saturated carbocycles. The number of hydrogen-bond acceptors (Lipinski definition) is 3. The summed E-state index contributed by atoms with van der Waals surface area (Å²) in [4.78, 5) is 12.2. The molecule has 0 saturated heterocycles. The fraction of sp³-hybridized carbons (Fsp3) is 0.273. The fourth-order valence-corrected chi connectivity index (χ4v) is 4.07. The summed E-state index contributed by atoms with van der Waals surface area (Å²) in [6.45, 7) is 7.97. The molecule has 0 aromatic heterocycles. The molecule has 1 aliphatic carbocycles. The third-order valence-electron chi connectivity index (χ3n) is 4.86. The van der Waals surface area contributed by atoms with Gasteiger partial charge in [0.1, 0.15) is 5.75 Å². The highest BCUT2D eigenvalue weighted by Crippen LogP contribution is 2.34. The number of fused-ring (bicyclic) bond motifs is 1. The van der Waals surface area contributed by atoms with E-state index in [1.54, 1.807) is 0 Å². The highest BCUT2D eigenvalue weighted by atomic mass is 79.9. The van der Waals surface area contributed by atoms with E-state index in [1.165, 1.54) is 0 Å². The summed E-state index contributed by atoms with van der Waals surface area (Å²) in [5.41, 5.74) is 5.74. The topological polar surface area (TPSA) is 50.7 Å². The van der Waals surface area contributed by atoms with Gasteiger partial charge in [-0.3, -0.25) is 4.79 Å². The lowest BCUT2D eigenvalue weighted by molar-refractivity contribution is -0.123. The van der Waals surface area contributed by atoms with Gasteiger partial charge in [0.25, 0.3) is 5.91 Å². The van der Waals surface area contributed by atoms with Crippen LogP contribution in [0.15, 0.2) is 68.2 Å². The molecule has 1 aliphatic rings. The van der Waals surface area contributed by atoms with E-state index in [1.807, 2.05) is 44.2 Å². The molecule has 146 valence electrons. The summed E-state index contributed by atoms with van der Waals surface area (Å²) in [6.07, 6.45) is 3.92. The summed E-state index contributed by atoms with van der Waals surface area (Å²) in [7, 11) is 0. The van der Waals surface area contributed by atoms with E-state index in [-0.39, 0.29) is 12.5 Å². The summed E-state index contributed by atoms with van der Waals surface area (Å²) in [5, 5.41) is 6.40. The zero-order chi connectivity index (χ0) is 20.3. The van der Waals surface area contributed by atoms with Crippen molar-refractivity contribution in [3.8, 4) is 5.75 Å². The van der Waals surface area contributed by atoms with Crippen LogP contribution in [0.5, 0.6) is 5.75 Å². The number of nitrogens with zero attached hydrogens (tertiary/aromatic N) is 1. The van der Waals surface area contributed by atoms with Crippen molar-refractivity contribution in [3.05, 3.63) is 63.1 Å². The van der Waals surface area contributed by atoms with Crippen LogP contribution in [-0.2, 0) is 4.79 Å². The van der Waals surface area contributed by atoms with Crippen molar-refractivity contribution < 1.29 is 9.53 Å². The summed E-state index contributed by atoms with van der Waals surface area (Å²) >= 11 is 7.04. The third kappa shape index (κ3) is 4.92. The number of halogens is 2. The fourth-order valence-electron chi connectivity index (χ4n) is 3.08. The largest absolute Gasteiger partial charge is 0.483 e. The Balaban J connectivity index is 1.63. The first-order valence-corrected chi connectivity index (χ1v) is 10.6. The zero-order valence-corrected chi connectivity index (χ0v) is 19.1. The molecule has 1 atom stereocenters.